The number of hydrogen-bond donors (Lipinski definition) is 2. The van der Waals surface area contributed by atoms with Gasteiger partial charge in [0.2, 0.25) is 5.91 Å². The molecule has 0 radical (unpaired) electrons. The fourth-order valence-electron chi connectivity index (χ4n) is 3.16. The van der Waals surface area contributed by atoms with Gasteiger partial charge in [-0.1, -0.05) is 65.8 Å². The van der Waals surface area contributed by atoms with Crippen LogP contribution in [0.5, 0.6) is 0 Å². The minimum absolute atomic E-state index is 0.0373. The van der Waals surface area contributed by atoms with Crippen LogP contribution in [0.25, 0.3) is 0 Å². The third-order valence-corrected chi connectivity index (χ3v) is 4.82. The predicted octanol–water partition coefficient (Wildman–Crippen LogP) is 2.63. The number of carbonyl (C=O) groups excluding carboxylic acids is 2. The first-order valence-electron chi connectivity index (χ1n) is 9.72. The molecule has 2 N–H and O–H groups in total. The minimum atomic E-state index is -0.429. The molecule has 4 rings (SSSR count). The van der Waals surface area contributed by atoms with E-state index in [0.717, 1.165) is 24.0 Å². The zero-order valence-corrected chi connectivity index (χ0v) is 15.9. The van der Waals surface area contributed by atoms with Gasteiger partial charge in [0.25, 0.3) is 0 Å². The molecule has 148 valence electrons. The van der Waals surface area contributed by atoms with Crippen molar-refractivity contribution in [1.29, 1.82) is 0 Å². The fourth-order valence-corrected chi connectivity index (χ4v) is 3.16. The summed E-state index contributed by atoms with van der Waals surface area (Å²) in [5.41, 5.74) is 1.83. The van der Waals surface area contributed by atoms with E-state index in [4.69, 9.17) is 4.52 Å². The maximum atomic E-state index is 12.9. The summed E-state index contributed by atoms with van der Waals surface area (Å²) in [4.78, 5) is 29.1. The molecule has 2 aromatic carbocycles. The number of aromatic nitrogens is 2. The molecular formula is C22H22N4O3. The van der Waals surface area contributed by atoms with Gasteiger partial charge in [-0.15, -0.1) is 0 Å². The van der Waals surface area contributed by atoms with Gasteiger partial charge in [-0.3, -0.25) is 9.59 Å². The van der Waals surface area contributed by atoms with Crippen LogP contribution in [0.4, 0.5) is 0 Å². The zero-order valence-electron chi connectivity index (χ0n) is 15.9. The van der Waals surface area contributed by atoms with Crippen LogP contribution >= 0.6 is 0 Å². The second-order valence-corrected chi connectivity index (χ2v) is 7.03. The topological polar surface area (TPSA) is 97.1 Å². The molecule has 0 spiro atoms. The molecule has 1 fully saturated rings. The van der Waals surface area contributed by atoms with Gasteiger partial charge < -0.3 is 15.2 Å². The first kappa shape index (κ1) is 18.9. The quantitative estimate of drug-likeness (QED) is 0.576. The molecule has 0 saturated heterocycles. The van der Waals surface area contributed by atoms with Crippen molar-refractivity contribution in [3.8, 4) is 0 Å². The average molecular weight is 390 g/mol. The molecule has 1 saturated carbocycles. The molecule has 3 aromatic rings. The summed E-state index contributed by atoms with van der Waals surface area (Å²) in [6.45, 7) is 0.562. The molecule has 1 aromatic heterocycles. The molecule has 7 nitrogen and oxygen atoms in total. The number of amides is 2. The maximum absolute atomic E-state index is 12.9. The third kappa shape index (κ3) is 4.68. The highest BCUT2D eigenvalue weighted by molar-refractivity contribution is 5.89. The molecule has 0 unspecified atom stereocenters. The standard InChI is InChI=1S/C22H22N4O3/c27-20(18(15-7-3-1-4-8-15)16-9-5-2-6-10-16)23-13-14-24-21(28)22-25-19(26-29-22)17-11-12-17/h1-10,17-18H,11-14H2,(H,23,27)(H,24,28). The molecule has 0 atom stereocenters. The Hall–Kier alpha value is -3.48. The van der Waals surface area contributed by atoms with Crippen molar-refractivity contribution >= 4 is 11.8 Å². The molecule has 0 aliphatic heterocycles. The smallest absolute Gasteiger partial charge is 0.315 e. The lowest BCUT2D eigenvalue weighted by molar-refractivity contribution is -0.121. The van der Waals surface area contributed by atoms with Crippen LogP contribution in [0.3, 0.4) is 0 Å². The van der Waals surface area contributed by atoms with E-state index in [2.05, 4.69) is 20.8 Å². The van der Waals surface area contributed by atoms with E-state index >= 15 is 0 Å². The Morgan fingerprint density at radius 1 is 0.931 bits per heavy atom. The van der Waals surface area contributed by atoms with Gasteiger partial charge in [0, 0.05) is 19.0 Å². The van der Waals surface area contributed by atoms with Crippen LogP contribution in [0, 0.1) is 0 Å². The lowest BCUT2D eigenvalue weighted by Gasteiger charge is -2.18. The van der Waals surface area contributed by atoms with Crippen LogP contribution in [-0.2, 0) is 4.79 Å². The molecule has 7 heteroatoms. The van der Waals surface area contributed by atoms with E-state index in [9.17, 15) is 9.59 Å². The Morgan fingerprint density at radius 3 is 2.10 bits per heavy atom. The number of nitrogens with one attached hydrogen (secondary N) is 2. The molecule has 1 heterocycles. The summed E-state index contributed by atoms with van der Waals surface area (Å²) in [5, 5.41) is 9.42. The number of carbonyl (C=O) groups is 2. The summed E-state index contributed by atoms with van der Waals surface area (Å²) in [6.07, 6.45) is 2.08. The van der Waals surface area contributed by atoms with Crippen LogP contribution in [-0.4, -0.2) is 35.0 Å². The van der Waals surface area contributed by atoms with E-state index in [-0.39, 0.29) is 18.3 Å². The third-order valence-electron chi connectivity index (χ3n) is 4.82. The lowest BCUT2D eigenvalue weighted by atomic mass is 9.90. The molecular weight excluding hydrogens is 368 g/mol. The molecule has 1 aliphatic carbocycles. The Morgan fingerprint density at radius 2 is 1.52 bits per heavy atom. The number of benzene rings is 2. The minimum Gasteiger partial charge on any atom is -0.354 e. The van der Waals surface area contributed by atoms with Crippen molar-refractivity contribution in [2.75, 3.05) is 13.1 Å². The van der Waals surface area contributed by atoms with E-state index in [1.807, 2.05) is 60.7 Å². The van der Waals surface area contributed by atoms with Gasteiger partial charge in [0.05, 0.1) is 5.92 Å². The van der Waals surface area contributed by atoms with Crippen molar-refractivity contribution in [2.45, 2.75) is 24.7 Å². The SMILES string of the molecule is O=C(NCCNC(=O)C(c1ccccc1)c1ccccc1)c1nc(C2CC2)no1. The van der Waals surface area contributed by atoms with Gasteiger partial charge >= 0.3 is 11.8 Å². The van der Waals surface area contributed by atoms with Gasteiger partial charge in [-0.2, -0.15) is 4.98 Å². The second-order valence-electron chi connectivity index (χ2n) is 7.03. The predicted molar refractivity (Wildman–Crippen MR) is 106 cm³/mol. The summed E-state index contributed by atoms with van der Waals surface area (Å²) in [5.74, 6) is -0.0777. The van der Waals surface area contributed by atoms with Crippen LogP contribution in [0.15, 0.2) is 65.2 Å². The van der Waals surface area contributed by atoms with Crippen LogP contribution in [0.2, 0.25) is 0 Å². The molecule has 1 aliphatic rings. The van der Waals surface area contributed by atoms with Crippen LogP contribution in [0.1, 0.15) is 52.3 Å². The van der Waals surface area contributed by atoms with Crippen molar-refractivity contribution < 1.29 is 14.1 Å². The molecule has 2 amide bonds. The van der Waals surface area contributed by atoms with Gasteiger partial charge in [-0.05, 0) is 24.0 Å². The summed E-state index contributed by atoms with van der Waals surface area (Å²) < 4.78 is 5.00. The number of nitrogens with zero attached hydrogens (tertiary/aromatic N) is 2. The summed E-state index contributed by atoms with van der Waals surface area (Å²) >= 11 is 0. The van der Waals surface area contributed by atoms with Gasteiger partial charge in [0.1, 0.15) is 0 Å². The van der Waals surface area contributed by atoms with Crippen molar-refractivity contribution in [1.82, 2.24) is 20.8 Å². The Kier molecular flexibility index (Phi) is 5.65. The fraction of sp³-hybridized carbons (Fsp3) is 0.273. The Labute approximate surface area is 168 Å². The maximum Gasteiger partial charge on any atom is 0.315 e. The monoisotopic (exact) mass is 390 g/mol. The number of hydrogen-bond acceptors (Lipinski definition) is 5. The van der Waals surface area contributed by atoms with Crippen LogP contribution < -0.4 is 10.6 Å². The second kappa shape index (κ2) is 8.68. The first-order chi connectivity index (χ1) is 14.2. The lowest BCUT2D eigenvalue weighted by Crippen LogP contribution is -2.37. The molecule has 29 heavy (non-hydrogen) atoms. The highest BCUT2D eigenvalue weighted by atomic mass is 16.5. The Bertz CT molecular complexity index is 928. The first-order valence-corrected chi connectivity index (χ1v) is 9.72. The highest BCUT2D eigenvalue weighted by Crippen LogP contribution is 2.38. The van der Waals surface area contributed by atoms with Crippen molar-refractivity contribution in [3.05, 3.63) is 83.5 Å². The van der Waals surface area contributed by atoms with E-state index in [1.165, 1.54) is 0 Å². The molecule has 0 bridgehead atoms. The van der Waals surface area contributed by atoms with Crippen molar-refractivity contribution in [2.24, 2.45) is 0 Å². The van der Waals surface area contributed by atoms with E-state index in [0.29, 0.717) is 18.3 Å². The normalized spacial score (nSPS) is 13.3. The van der Waals surface area contributed by atoms with Crippen molar-refractivity contribution in [3.63, 3.8) is 0 Å². The summed E-state index contributed by atoms with van der Waals surface area (Å²) in [6, 6.07) is 19.3. The van der Waals surface area contributed by atoms with Gasteiger partial charge in [0.15, 0.2) is 5.82 Å². The van der Waals surface area contributed by atoms with E-state index < -0.39 is 11.8 Å². The average Bonchev–Trinajstić information content (AvgIpc) is 3.49. The summed E-state index contributed by atoms with van der Waals surface area (Å²) in [7, 11) is 0. The highest BCUT2D eigenvalue weighted by Gasteiger charge is 2.30. The van der Waals surface area contributed by atoms with Gasteiger partial charge in [-0.25, -0.2) is 0 Å². The Balaban J connectivity index is 1.32. The number of rotatable bonds is 8. The van der Waals surface area contributed by atoms with E-state index in [1.54, 1.807) is 0 Å². The largest absolute Gasteiger partial charge is 0.354 e. The zero-order chi connectivity index (χ0) is 20.1.